The van der Waals surface area contributed by atoms with E-state index in [9.17, 15) is 18.0 Å². The third-order valence-electron chi connectivity index (χ3n) is 3.62. The number of benzene rings is 2. The molecule has 0 aromatic heterocycles. The minimum absolute atomic E-state index is 0.0705. The third kappa shape index (κ3) is 5.29. The highest BCUT2D eigenvalue weighted by atomic mass is 35.5. The van der Waals surface area contributed by atoms with E-state index in [-0.39, 0.29) is 18.7 Å². The summed E-state index contributed by atoms with van der Waals surface area (Å²) in [6.07, 6.45) is -4.38. The number of amides is 1. The van der Waals surface area contributed by atoms with Gasteiger partial charge in [-0.05, 0) is 36.8 Å². The van der Waals surface area contributed by atoms with Crippen molar-refractivity contribution in [2.75, 3.05) is 24.3 Å². The van der Waals surface area contributed by atoms with Crippen LogP contribution in [0.15, 0.2) is 36.4 Å². The van der Waals surface area contributed by atoms with Gasteiger partial charge < -0.3 is 15.4 Å². The lowest BCUT2D eigenvalue weighted by molar-refractivity contribution is -0.137. The molecule has 1 amide bonds. The topological polar surface area (TPSA) is 50.4 Å². The molecule has 0 radical (unpaired) electrons. The van der Waals surface area contributed by atoms with E-state index in [1.807, 2.05) is 6.92 Å². The lowest BCUT2D eigenvalue weighted by atomic mass is 10.2. The molecular weight excluding hydrogens is 369 g/mol. The predicted molar refractivity (Wildman–Crippen MR) is 95.9 cm³/mol. The molecule has 0 saturated heterocycles. The minimum Gasteiger partial charge on any atom is -0.495 e. The van der Waals surface area contributed by atoms with E-state index in [2.05, 4.69) is 10.6 Å². The number of alkyl halides is 3. The van der Waals surface area contributed by atoms with Gasteiger partial charge in [-0.3, -0.25) is 4.79 Å². The summed E-state index contributed by atoms with van der Waals surface area (Å²) < 4.78 is 43.3. The first kappa shape index (κ1) is 19.9. The number of rotatable bonds is 6. The lowest BCUT2D eigenvalue weighted by Crippen LogP contribution is -2.17. The quantitative estimate of drug-likeness (QED) is 0.724. The molecule has 0 aliphatic rings. The van der Waals surface area contributed by atoms with Crippen LogP contribution in [0.25, 0.3) is 0 Å². The van der Waals surface area contributed by atoms with Crippen molar-refractivity contribution in [1.82, 2.24) is 0 Å². The number of hydrogen-bond acceptors (Lipinski definition) is 3. The largest absolute Gasteiger partial charge is 0.495 e. The van der Waals surface area contributed by atoms with Crippen LogP contribution in [0.2, 0.25) is 5.02 Å². The van der Waals surface area contributed by atoms with Crippen molar-refractivity contribution in [3.05, 3.63) is 52.5 Å². The molecule has 0 saturated carbocycles. The maximum Gasteiger partial charge on any atom is 0.416 e. The number of carbonyl (C=O) groups is 1. The SMILES string of the molecule is COc1cc(Cl)c(C)cc1NCCC(=O)Nc1cccc(C(F)(F)F)c1. The predicted octanol–water partition coefficient (Wildman–Crippen LogP) is 5.12. The average Bonchev–Trinajstić information content (AvgIpc) is 2.57. The van der Waals surface area contributed by atoms with Gasteiger partial charge in [0.15, 0.2) is 0 Å². The van der Waals surface area contributed by atoms with Crippen LogP contribution in [0, 0.1) is 6.92 Å². The summed E-state index contributed by atoms with van der Waals surface area (Å²) in [6, 6.07) is 7.97. The van der Waals surface area contributed by atoms with E-state index in [1.165, 1.54) is 19.2 Å². The van der Waals surface area contributed by atoms with Crippen molar-refractivity contribution in [3.8, 4) is 5.75 Å². The van der Waals surface area contributed by atoms with Crippen LogP contribution in [-0.2, 0) is 11.0 Å². The Kier molecular flexibility index (Phi) is 6.37. The molecule has 0 aliphatic heterocycles. The normalized spacial score (nSPS) is 11.2. The zero-order valence-electron chi connectivity index (χ0n) is 14.2. The van der Waals surface area contributed by atoms with E-state index >= 15 is 0 Å². The van der Waals surface area contributed by atoms with Crippen molar-refractivity contribution >= 4 is 28.9 Å². The summed E-state index contributed by atoms with van der Waals surface area (Å²) in [5.74, 6) is 0.139. The number of methoxy groups -OCH3 is 1. The van der Waals surface area contributed by atoms with Gasteiger partial charge in [0.25, 0.3) is 0 Å². The fraction of sp³-hybridized carbons (Fsp3) is 0.278. The van der Waals surface area contributed by atoms with Crippen LogP contribution in [0.1, 0.15) is 17.5 Å². The maximum atomic E-state index is 12.7. The van der Waals surface area contributed by atoms with Gasteiger partial charge in [-0.1, -0.05) is 17.7 Å². The Morgan fingerprint density at radius 2 is 1.96 bits per heavy atom. The molecule has 0 spiro atoms. The second-order valence-electron chi connectivity index (χ2n) is 5.61. The van der Waals surface area contributed by atoms with Gasteiger partial charge in [0.1, 0.15) is 5.75 Å². The molecule has 0 fully saturated rings. The standard InChI is InChI=1S/C18H18ClF3N2O2/c1-11-8-15(16(26-2)10-14(11)19)23-7-6-17(25)24-13-5-3-4-12(9-13)18(20,21)22/h3-5,8-10,23H,6-7H2,1-2H3,(H,24,25). The number of hydrogen-bond donors (Lipinski definition) is 2. The van der Waals surface area contributed by atoms with E-state index in [0.717, 1.165) is 17.7 Å². The Labute approximate surface area is 154 Å². The van der Waals surface area contributed by atoms with Crippen molar-refractivity contribution in [1.29, 1.82) is 0 Å². The van der Waals surface area contributed by atoms with Crippen LogP contribution >= 0.6 is 11.6 Å². The Hall–Kier alpha value is -2.41. The van der Waals surface area contributed by atoms with Gasteiger partial charge >= 0.3 is 6.18 Å². The number of nitrogens with one attached hydrogen (secondary N) is 2. The molecule has 2 rings (SSSR count). The Bertz CT molecular complexity index is 794. The van der Waals surface area contributed by atoms with Gasteiger partial charge in [-0.25, -0.2) is 0 Å². The second kappa shape index (κ2) is 8.31. The van der Waals surface area contributed by atoms with Crippen LogP contribution < -0.4 is 15.4 Å². The second-order valence-corrected chi connectivity index (χ2v) is 6.01. The first-order valence-corrected chi connectivity index (χ1v) is 8.13. The highest BCUT2D eigenvalue weighted by molar-refractivity contribution is 6.31. The fourth-order valence-electron chi connectivity index (χ4n) is 2.28. The monoisotopic (exact) mass is 386 g/mol. The third-order valence-corrected chi connectivity index (χ3v) is 4.03. The van der Waals surface area contributed by atoms with E-state index in [1.54, 1.807) is 12.1 Å². The maximum absolute atomic E-state index is 12.7. The summed E-state index contributed by atoms with van der Waals surface area (Å²) >= 11 is 6.03. The smallest absolute Gasteiger partial charge is 0.416 e. The summed E-state index contributed by atoms with van der Waals surface area (Å²) in [7, 11) is 1.51. The zero-order chi connectivity index (χ0) is 19.3. The summed E-state index contributed by atoms with van der Waals surface area (Å²) in [5.41, 5.74) is 0.823. The molecular formula is C18H18ClF3N2O2. The van der Waals surface area contributed by atoms with Gasteiger partial charge in [0.2, 0.25) is 5.91 Å². The van der Waals surface area contributed by atoms with Gasteiger partial charge in [-0.15, -0.1) is 0 Å². The zero-order valence-corrected chi connectivity index (χ0v) is 15.0. The first-order valence-electron chi connectivity index (χ1n) is 7.76. The molecule has 0 aliphatic carbocycles. The Balaban J connectivity index is 1.93. The molecule has 2 N–H and O–H groups in total. The van der Waals surface area contributed by atoms with E-state index in [4.69, 9.17) is 16.3 Å². The summed E-state index contributed by atoms with van der Waals surface area (Å²) in [4.78, 5) is 12.0. The molecule has 8 heteroatoms. The van der Waals surface area contributed by atoms with E-state index in [0.29, 0.717) is 16.5 Å². The molecule has 4 nitrogen and oxygen atoms in total. The molecule has 0 atom stereocenters. The van der Waals surface area contributed by atoms with Gasteiger partial charge in [0, 0.05) is 29.7 Å². The number of aryl methyl sites for hydroxylation is 1. The number of carbonyl (C=O) groups excluding carboxylic acids is 1. The first-order chi connectivity index (χ1) is 12.2. The lowest BCUT2D eigenvalue weighted by Gasteiger charge is -2.13. The molecule has 0 bridgehead atoms. The molecule has 140 valence electrons. The van der Waals surface area contributed by atoms with Crippen molar-refractivity contribution in [2.45, 2.75) is 19.5 Å². The Morgan fingerprint density at radius 1 is 1.23 bits per heavy atom. The number of ether oxygens (including phenoxy) is 1. The number of anilines is 2. The van der Waals surface area contributed by atoms with Crippen molar-refractivity contribution < 1.29 is 22.7 Å². The van der Waals surface area contributed by atoms with Crippen LogP contribution in [-0.4, -0.2) is 19.6 Å². The highest BCUT2D eigenvalue weighted by Crippen LogP contribution is 2.31. The van der Waals surface area contributed by atoms with Crippen molar-refractivity contribution in [3.63, 3.8) is 0 Å². The van der Waals surface area contributed by atoms with Crippen LogP contribution in [0.3, 0.4) is 0 Å². The van der Waals surface area contributed by atoms with Crippen molar-refractivity contribution in [2.24, 2.45) is 0 Å². The molecule has 0 heterocycles. The molecule has 0 unspecified atom stereocenters. The molecule has 2 aromatic rings. The number of halogens is 4. The molecule has 26 heavy (non-hydrogen) atoms. The summed E-state index contributed by atoms with van der Waals surface area (Å²) in [5, 5.41) is 6.08. The summed E-state index contributed by atoms with van der Waals surface area (Å²) in [6.45, 7) is 2.12. The van der Waals surface area contributed by atoms with Crippen LogP contribution in [0.5, 0.6) is 5.75 Å². The fourth-order valence-corrected chi connectivity index (χ4v) is 2.43. The van der Waals surface area contributed by atoms with Gasteiger partial charge in [-0.2, -0.15) is 13.2 Å². The highest BCUT2D eigenvalue weighted by Gasteiger charge is 2.30. The Morgan fingerprint density at radius 3 is 2.62 bits per heavy atom. The van der Waals surface area contributed by atoms with Crippen LogP contribution in [0.4, 0.5) is 24.5 Å². The van der Waals surface area contributed by atoms with E-state index < -0.39 is 17.6 Å². The van der Waals surface area contributed by atoms with Gasteiger partial charge in [0.05, 0.1) is 18.4 Å². The molecule has 2 aromatic carbocycles. The minimum atomic E-state index is -4.45. The average molecular weight is 387 g/mol.